The topological polar surface area (TPSA) is 0 Å². The first-order valence-corrected chi connectivity index (χ1v) is 14.0. The third kappa shape index (κ3) is 7.33. The normalized spacial score (nSPS) is 49.3. The van der Waals surface area contributed by atoms with Crippen LogP contribution in [0.3, 0.4) is 0 Å². The van der Waals surface area contributed by atoms with Crippen LogP contribution >= 0.6 is 0 Å². The molecule has 0 N–H and O–H groups in total. The van der Waals surface area contributed by atoms with Gasteiger partial charge in [0.2, 0.25) is 0 Å². The molecule has 0 heterocycles. The molecule has 33 heavy (non-hydrogen) atoms. The molecule has 1 radical (unpaired) electrons. The number of fused-ring (bicyclic) bond motifs is 2. The molecule has 1 heteroatoms. The van der Waals surface area contributed by atoms with Crippen LogP contribution in [0.4, 0.5) is 0 Å². The molecule has 0 aliphatic heterocycles. The molecule has 0 bridgehead atoms. The van der Waals surface area contributed by atoms with E-state index in [1.807, 2.05) is 0 Å². The smallest absolute Gasteiger partial charge is 0 e. The van der Waals surface area contributed by atoms with Gasteiger partial charge in [-0.05, 0) is 71.5 Å². The van der Waals surface area contributed by atoms with Gasteiger partial charge in [0.15, 0.2) is 0 Å². The van der Waals surface area contributed by atoms with Crippen LogP contribution < -0.4 is 0 Å². The zero-order valence-electron chi connectivity index (χ0n) is 24.0. The summed E-state index contributed by atoms with van der Waals surface area (Å²) in [5.41, 5.74) is 0. The van der Waals surface area contributed by atoms with Crippen molar-refractivity contribution in [3.8, 4) is 0 Å². The molecule has 4 aliphatic rings. The predicted molar refractivity (Wildman–Crippen MR) is 146 cm³/mol. The number of hydrogen-bond acceptors (Lipinski definition) is 0. The SMILES string of the molecule is C.CCCC1C(C)C(C)C2C(C)C3CC3C(C)C12.C[C-](C)C.[CH2-]C1C(C)C(C)C(C)C1C.[Y]. The second-order valence-electron chi connectivity index (χ2n) is 13.2. The van der Waals surface area contributed by atoms with Gasteiger partial charge in [0.1, 0.15) is 0 Å². The van der Waals surface area contributed by atoms with Gasteiger partial charge in [-0.2, -0.15) is 26.7 Å². The Morgan fingerprint density at radius 2 is 1.03 bits per heavy atom. The third-order valence-electron chi connectivity index (χ3n) is 11.0. The molecule has 0 aromatic carbocycles. The summed E-state index contributed by atoms with van der Waals surface area (Å²) in [5.74, 6) is 14.9. The quantitative estimate of drug-likeness (QED) is 0.309. The fourth-order valence-corrected chi connectivity index (χ4v) is 8.32. The van der Waals surface area contributed by atoms with E-state index < -0.39 is 0 Å². The summed E-state index contributed by atoms with van der Waals surface area (Å²) in [7, 11) is 0. The van der Waals surface area contributed by atoms with E-state index >= 15 is 0 Å². The molecule has 0 aromatic rings. The van der Waals surface area contributed by atoms with Crippen molar-refractivity contribution in [2.45, 2.75) is 110 Å². The molecular weight excluding hydrogens is 473 g/mol. The Kier molecular flexibility index (Phi) is 14.6. The first-order valence-electron chi connectivity index (χ1n) is 14.0. The first kappa shape index (κ1) is 34.1. The van der Waals surface area contributed by atoms with Crippen LogP contribution in [0.1, 0.15) is 110 Å². The largest absolute Gasteiger partial charge is 0.340 e. The Bertz CT molecular complexity index is 493. The molecule has 13 atom stereocenters. The summed E-state index contributed by atoms with van der Waals surface area (Å²) in [4.78, 5) is 0. The Morgan fingerprint density at radius 1 is 0.636 bits per heavy atom. The van der Waals surface area contributed by atoms with E-state index in [0.717, 1.165) is 76.9 Å². The van der Waals surface area contributed by atoms with Crippen LogP contribution in [0.15, 0.2) is 0 Å². The molecule has 4 saturated carbocycles. The minimum Gasteiger partial charge on any atom is -0.340 e. The number of hydrogen-bond donors (Lipinski definition) is 0. The van der Waals surface area contributed by atoms with Crippen molar-refractivity contribution in [1.29, 1.82) is 0 Å². The van der Waals surface area contributed by atoms with Gasteiger partial charge < -0.3 is 12.8 Å². The standard InChI is InChI=1S/C17H30.C10H19.C4H9.CH4.Y/c1-6-7-13-9(2)10(3)16-11(4)14-8-15(14)12(5)17(13)16;1-6-7(2)9(4)10(5)8(6)3;1-4(2)3;;/h9-17H,6-8H2,1-5H3;6-10H,1H2,2-5H3;1-3H3;1H4;/q;2*-1;;. The maximum Gasteiger partial charge on any atom is 0 e. The molecule has 0 amide bonds. The Hall–Kier alpha value is 1.10. The maximum atomic E-state index is 4.20. The summed E-state index contributed by atoms with van der Waals surface area (Å²) in [6.45, 7) is 32.5. The average molecular weight is 536 g/mol. The molecule has 0 nitrogen and oxygen atoms in total. The van der Waals surface area contributed by atoms with Crippen molar-refractivity contribution < 1.29 is 32.7 Å². The molecule has 4 fully saturated rings. The fraction of sp³-hybridized carbons (Fsp3) is 0.938. The minimum absolute atomic E-state index is 0. The average Bonchev–Trinajstić information content (AvgIpc) is 3.45. The van der Waals surface area contributed by atoms with Gasteiger partial charge in [-0.15, -0.1) is 0 Å². The van der Waals surface area contributed by atoms with Crippen LogP contribution in [0.25, 0.3) is 0 Å². The van der Waals surface area contributed by atoms with Crippen LogP contribution in [-0.4, -0.2) is 0 Å². The molecule has 4 rings (SSSR count). The van der Waals surface area contributed by atoms with E-state index in [4.69, 9.17) is 0 Å². The van der Waals surface area contributed by atoms with E-state index in [2.05, 4.69) is 90.0 Å². The zero-order valence-corrected chi connectivity index (χ0v) is 26.8. The van der Waals surface area contributed by atoms with Gasteiger partial charge in [0.05, 0.1) is 0 Å². The van der Waals surface area contributed by atoms with E-state index in [1.54, 1.807) is 6.42 Å². The third-order valence-corrected chi connectivity index (χ3v) is 11.0. The van der Waals surface area contributed by atoms with E-state index in [1.165, 1.54) is 18.8 Å². The van der Waals surface area contributed by atoms with Gasteiger partial charge in [-0.1, -0.05) is 94.4 Å². The first-order chi connectivity index (χ1) is 14.4. The van der Waals surface area contributed by atoms with Crippen molar-refractivity contribution in [2.75, 3.05) is 0 Å². The molecule has 0 saturated heterocycles. The molecule has 13 unspecified atom stereocenters. The van der Waals surface area contributed by atoms with Gasteiger partial charge in [-0.3, -0.25) is 0 Å². The maximum absolute atomic E-state index is 4.20. The number of rotatable bonds is 2. The van der Waals surface area contributed by atoms with Crippen LogP contribution in [0, 0.1) is 95.7 Å². The summed E-state index contributed by atoms with van der Waals surface area (Å²) in [6, 6.07) is 0. The van der Waals surface area contributed by atoms with E-state index in [0.29, 0.717) is 5.92 Å². The summed E-state index contributed by atoms with van der Waals surface area (Å²) < 4.78 is 0. The summed E-state index contributed by atoms with van der Waals surface area (Å²) in [6.07, 6.45) is 4.44. The Labute approximate surface area is 236 Å². The van der Waals surface area contributed by atoms with Gasteiger partial charge >= 0.3 is 0 Å². The van der Waals surface area contributed by atoms with Crippen LogP contribution in [-0.2, 0) is 32.7 Å². The van der Waals surface area contributed by atoms with Gasteiger partial charge in [0, 0.05) is 32.7 Å². The molecular formula is C32H62Y-2. The molecule has 4 aliphatic carbocycles. The predicted octanol–water partition coefficient (Wildman–Crippen LogP) is 10.1. The van der Waals surface area contributed by atoms with Crippen LogP contribution in [0.5, 0.6) is 0 Å². The second-order valence-corrected chi connectivity index (χ2v) is 13.2. The van der Waals surface area contributed by atoms with Crippen molar-refractivity contribution >= 4 is 0 Å². The Balaban J connectivity index is 0.000000552. The van der Waals surface area contributed by atoms with Gasteiger partial charge in [0.25, 0.3) is 0 Å². The van der Waals surface area contributed by atoms with Crippen molar-refractivity contribution in [1.82, 2.24) is 0 Å². The van der Waals surface area contributed by atoms with E-state index in [-0.39, 0.29) is 40.1 Å². The minimum atomic E-state index is 0. The fourth-order valence-electron chi connectivity index (χ4n) is 8.32. The van der Waals surface area contributed by atoms with Crippen LogP contribution in [0.2, 0.25) is 0 Å². The van der Waals surface area contributed by atoms with Crippen molar-refractivity contribution in [3.05, 3.63) is 12.8 Å². The van der Waals surface area contributed by atoms with E-state index in [9.17, 15) is 0 Å². The molecule has 0 spiro atoms. The van der Waals surface area contributed by atoms with Gasteiger partial charge in [-0.25, -0.2) is 0 Å². The second kappa shape index (κ2) is 14.2. The van der Waals surface area contributed by atoms with Crippen molar-refractivity contribution in [3.63, 3.8) is 0 Å². The van der Waals surface area contributed by atoms with Crippen molar-refractivity contribution in [2.24, 2.45) is 82.9 Å². The summed E-state index contributed by atoms with van der Waals surface area (Å²) >= 11 is 0. The summed E-state index contributed by atoms with van der Waals surface area (Å²) in [5, 5.41) is 0. The molecule has 195 valence electrons. The zero-order chi connectivity index (χ0) is 23.8. The Morgan fingerprint density at radius 3 is 1.36 bits per heavy atom. The molecule has 0 aromatic heterocycles. The monoisotopic (exact) mass is 535 g/mol.